The van der Waals surface area contributed by atoms with Crippen LogP contribution in [0, 0.1) is 0 Å². The van der Waals surface area contributed by atoms with Crippen LogP contribution < -0.4 is 11.5 Å². The summed E-state index contributed by atoms with van der Waals surface area (Å²) < 4.78 is 0.914. The zero-order chi connectivity index (χ0) is 9.14. The molecule has 1 aromatic heterocycles. The molecule has 1 atom stereocenters. The summed E-state index contributed by atoms with van der Waals surface area (Å²) in [5.74, 6) is -0.395. The molecule has 0 radical (unpaired) electrons. The molecule has 0 aliphatic rings. The maximum absolute atomic E-state index is 10.5. The highest BCUT2D eigenvalue weighted by atomic mass is 79.9. The van der Waals surface area contributed by atoms with Gasteiger partial charge in [-0.2, -0.15) is 0 Å². The highest BCUT2D eigenvalue weighted by Crippen LogP contribution is 2.17. The Balaban J connectivity index is 2.64. The normalized spacial score (nSPS) is 12.8. The third-order valence-corrected chi connectivity index (χ3v) is 1.95. The van der Waals surface area contributed by atoms with Crippen LogP contribution in [0.4, 0.5) is 0 Å². The fraction of sp³-hybridized carbons (Fsp3) is 0.286. The van der Waals surface area contributed by atoms with Gasteiger partial charge in [0, 0.05) is 22.8 Å². The summed E-state index contributed by atoms with van der Waals surface area (Å²) in [6, 6.07) is 1.49. The number of nitrogens with one attached hydrogen (secondary N) is 1. The third kappa shape index (κ3) is 2.35. The van der Waals surface area contributed by atoms with E-state index in [1.807, 2.05) is 6.07 Å². The Bertz CT molecular complexity index is 284. The summed E-state index contributed by atoms with van der Waals surface area (Å²) in [6.45, 7) is 0. The topological polar surface area (TPSA) is 84.9 Å². The highest BCUT2D eigenvalue weighted by molar-refractivity contribution is 9.10. The summed E-state index contributed by atoms with van der Waals surface area (Å²) in [5.41, 5.74) is 11.5. The maximum atomic E-state index is 10.5. The summed E-state index contributed by atoms with van der Waals surface area (Å²) in [5, 5.41) is 0. The molecule has 0 aliphatic heterocycles. The first-order chi connectivity index (χ1) is 5.59. The molecule has 5 heteroatoms. The largest absolute Gasteiger partial charge is 0.370 e. The minimum Gasteiger partial charge on any atom is -0.370 e. The number of hydrogen-bond acceptors (Lipinski definition) is 2. The van der Waals surface area contributed by atoms with E-state index in [1.165, 1.54) is 0 Å². The minimum atomic E-state index is -0.395. The van der Waals surface area contributed by atoms with E-state index < -0.39 is 5.91 Å². The lowest BCUT2D eigenvalue weighted by Crippen LogP contribution is -2.20. The molecule has 0 saturated heterocycles. The lowest BCUT2D eigenvalue weighted by atomic mass is 10.1. The van der Waals surface area contributed by atoms with Gasteiger partial charge in [-0.05, 0) is 22.0 Å². The molecule has 1 aromatic rings. The van der Waals surface area contributed by atoms with Gasteiger partial charge in [0.25, 0.3) is 0 Å². The van der Waals surface area contributed by atoms with Crippen LogP contribution in [0.1, 0.15) is 18.2 Å². The van der Waals surface area contributed by atoms with Crippen LogP contribution in [0.3, 0.4) is 0 Å². The number of primary amides is 1. The molecule has 1 unspecified atom stereocenters. The molecule has 66 valence electrons. The second-order valence-corrected chi connectivity index (χ2v) is 3.47. The standard InChI is InChI=1S/C7H10BrN3O/c8-4-1-6(11-3-4)5(9)2-7(10)12/h1,3,5,11H,2,9H2,(H2,10,12). The Kier molecular flexibility index (Phi) is 2.88. The molecule has 12 heavy (non-hydrogen) atoms. The molecule has 0 bridgehead atoms. The van der Waals surface area contributed by atoms with Gasteiger partial charge in [-0.15, -0.1) is 0 Å². The number of carbonyl (C=O) groups is 1. The second kappa shape index (κ2) is 3.73. The molecule has 0 fully saturated rings. The first kappa shape index (κ1) is 9.28. The van der Waals surface area contributed by atoms with Crippen molar-refractivity contribution in [2.24, 2.45) is 11.5 Å². The molecule has 0 spiro atoms. The van der Waals surface area contributed by atoms with Gasteiger partial charge in [-0.1, -0.05) is 0 Å². The maximum Gasteiger partial charge on any atom is 0.219 e. The Morgan fingerprint density at radius 2 is 2.42 bits per heavy atom. The Morgan fingerprint density at radius 3 is 2.83 bits per heavy atom. The van der Waals surface area contributed by atoms with Crippen LogP contribution in [-0.2, 0) is 4.79 Å². The van der Waals surface area contributed by atoms with E-state index in [4.69, 9.17) is 11.5 Å². The fourth-order valence-electron chi connectivity index (χ4n) is 0.925. The van der Waals surface area contributed by atoms with E-state index in [-0.39, 0.29) is 12.5 Å². The molecule has 5 N–H and O–H groups in total. The van der Waals surface area contributed by atoms with E-state index >= 15 is 0 Å². The first-order valence-electron chi connectivity index (χ1n) is 3.47. The quantitative estimate of drug-likeness (QED) is 0.714. The average molecular weight is 232 g/mol. The Labute approximate surface area is 78.4 Å². The second-order valence-electron chi connectivity index (χ2n) is 2.55. The van der Waals surface area contributed by atoms with Crippen LogP contribution in [0.5, 0.6) is 0 Å². The molecule has 0 aliphatic carbocycles. The van der Waals surface area contributed by atoms with Gasteiger partial charge in [0.15, 0.2) is 0 Å². The van der Waals surface area contributed by atoms with Gasteiger partial charge in [-0.3, -0.25) is 4.79 Å². The predicted octanol–water partition coefficient (Wildman–Crippen LogP) is 0.652. The monoisotopic (exact) mass is 231 g/mol. The van der Waals surface area contributed by atoms with Crippen molar-refractivity contribution < 1.29 is 4.79 Å². The van der Waals surface area contributed by atoms with Crippen LogP contribution >= 0.6 is 15.9 Å². The van der Waals surface area contributed by atoms with Gasteiger partial charge < -0.3 is 16.5 Å². The highest BCUT2D eigenvalue weighted by Gasteiger charge is 2.10. The van der Waals surface area contributed by atoms with Crippen molar-refractivity contribution in [1.82, 2.24) is 4.98 Å². The zero-order valence-electron chi connectivity index (χ0n) is 6.38. The van der Waals surface area contributed by atoms with Gasteiger partial charge in [0.1, 0.15) is 0 Å². The first-order valence-corrected chi connectivity index (χ1v) is 4.26. The van der Waals surface area contributed by atoms with Crippen molar-refractivity contribution in [3.63, 3.8) is 0 Å². The van der Waals surface area contributed by atoms with Crippen molar-refractivity contribution in [3.05, 3.63) is 22.4 Å². The van der Waals surface area contributed by atoms with Crippen LogP contribution in [-0.4, -0.2) is 10.9 Å². The van der Waals surface area contributed by atoms with Gasteiger partial charge in [-0.25, -0.2) is 0 Å². The lowest BCUT2D eigenvalue weighted by Gasteiger charge is -2.05. The fourth-order valence-corrected chi connectivity index (χ4v) is 1.29. The number of carbonyl (C=O) groups excluding carboxylic acids is 1. The number of halogens is 1. The molecule has 0 aromatic carbocycles. The number of H-pyrrole nitrogens is 1. The van der Waals surface area contributed by atoms with Crippen molar-refractivity contribution in [3.8, 4) is 0 Å². The summed E-state index contributed by atoms with van der Waals surface area (Å²) in [6.07, 6.45) is 1.92. The van der Waals surface area contributed by atoms with Crippen LogP contribution in [0.25, 0.3) is 0 Å². The smallest absolute Gasteiger partial charge is 0.219 e. The summed E-state index contributed by atoms with van der Waals surface area (Å²) in [7, 11) is 0. The molecular weight excluding hydrogens is 222 g/mol. The van der Waals surface area contributed by atoms with Gasteiger partial charge >= 0.3 is 0 Å². The number of amides is 1. The van der Waals surface area contributed by atoms with Gasteiger partial charge in [0.2, 0.25) is 5.91 Å². The molecule has 1 amide bonds. The van der Waals surface area contributed by atoms with Crippen molar-refractivity contribution in [1.29, 1.82) is 0 Å². The SMILES string of the molecule is NC(=O)CC(N)c1cc(Br)c[nH]1. The number of nitrogens with two attached hydrogens (primary N) is 2. The van der Waals surface area contributed by atoms with Crippen molar-refractivity contribution >= 4 is 21.8 Å². The minimum absolute atomic E-state index is 0.160. The van der Waals surface area contributed by atoms with Crippen molar-refractivity contribution in [2.45, 2.75) is 12.5 Å². The number of rotatable bonds is 3. The summed E-state index contributed by atoms with van der Waals surface area (Å²) in [4.78, 5) is 13.4. The molecular formula is C7H10BrN3O. The van der Waals surface area contributed by atoms with E-state index in [0.29, 0.717) is 0 Å². The molecule has 0 saturated carbocycles. The van der Waals surface area contributed by atoms with Crippen LogP contribution in [0.15, 0.2) is 16.7 Å². The Morgan fingerprint density at radius 1 is 1.75 bits per heavy atom. The molecule has 4 nitrogen and oxygen atoms in total. The van der Waals surface area contributed by atoms with Gasteiger partial charge in [0.05, 0.1) is 6.04 Å². The average Bonchev–Trinajstić information content (AvgIpc) is 2.34. The van der Waals surface area contributed by atoms with E-state index in [1.54, 1.807) is 6.20 Å². The molecule has 1 heterocycles. The summed E-state index contributed by atoms with van der Waals surface area (Å²) >= 11 is 3.26. The van der Waals surface area contributed by atoms with Crippen LogP contribution in [0.2, 0.25) is 0 Å². The lowest BCUT2D eigenvalue weighted by molar-refractivity contribution is -0.118. The van der Waals surface area contributed by atoms with E-state index in [2.05, 4.69) is 20.9 Å². The third-order valence-electron chi connectivity index (χ3n) is 1.49. The number of aromatic nitrogens is 1. The molecule has 1 rings (SSSR count). The Hall–Kier alpha value is -0.810. The van der Waals surface area contributed by atoms with E-state index in [9.17, 15) is 4.79 Å². The number of hydrogen-bond donors (Lipinski definition) is 3. The number of aromatic amines is 1. The zero-order valence-corrected chi connectivity index (χ0v) is 7.97. The van der Waals surface area contributed by atoms with E-state index in [0.717, 1.165) is 10.2 Å². The van der Waals surface area contributed by atoms with Crippen molar-refractivity contribution in [2.75, 3.05) is 0 Å². The predicted molar refractivity (Wildman–Crippen MR) is 49.2 cm³/mol.